The zero-order chi connectivity index (χ0) is 11.1. The highest BCUT2D eigenvalue weighted by molar-refractivity contribution is 8.13. The highest BCUT2D eigenvalue weighted by Crippen LogP contribution is 2.25. The summed E-state index contributed by atoms with van der Waals surface area (Å²) in [5, 5.41) is 1.02. The topological polar surface area (TPSA) is 47.0 Å². The molecule has 0 saturated carbocycles. The molecular formula is C9H5Cl2NO2S. The van der Waals surface area contributed by atoms with Crippen molar-refractivity contribution in [2.45, 2.75) is 4.90 Å². The third kappa shape index (κ3) is 2.07. The zero-order valence-corrected chi connectivity index (χ0v) is 9.64. The molecule has 0 aliphatic rings. The van der Waals surface area contributed by atoms with E-state index in [-0.39, 0.29) is 4.90 Å². The van der Waals surface area contributed by atoms with Crippen LogP contribution in [0.4, 0.5) is 0 Å². The molecule has 3 nitrogen and oxygen atoms in total. The predicted molar refractivity (Wildman–Crippen MR) is 59.8 cm³/mol. The third-order valence-corrected chi connectivity index (χ3v) is 3.62. The lowest BCUT2D eigenvalue weighted by atomic mass is 10.2. The van der Waals surface area contributed by atoms with Crippen LogP contribution in [-0.4, -0.2) is 13.4 Å². The maximum absolute atomic E-state index is 11.1. The van der Waals surface area contributed by atoms with Gasteiger partial charge in [0.1, 0.15) is 0 Å². The summed E-state index contributed by atoms with van der Waals surface area (Å²) in [6, 6.07) is 5.96. The number of benzene rings is 1. The summed E-state index contributed by atoms with van der Waals surface area (Å²) in [6.45, 7) is 0. The molecule has 6 heteroatoms. The molecule has 0 amide bonds. The van der Waals surface area contributed by atoms with Crippen molar-refractivity contribution >= 4 is 42.2 Å². The van der Waals surface area contributed by atoms with Gasteiger partial charge in [-0.1, -0.05) is 11.6 Å². The molecule has 78 valence electrons. The van der Waals surface area contributed by atoms with Crippen LogP contribution in [-0.2, 0) is 9.05 Å². The minimum absolute atomic E-state index is 0.0200. The molecule has 2 aromatic rings. The molecule has 0 aliphatic carbocycles. The van der Waals surface area contributed by atoms with Crippen molar-refractivity contribution in [2.75, 3.05) is 0 Å². The predicted octanol–water partition coefficient (Wildman–Crippen LogP) is 2.82. The van der Waals surface area contributed by atoms with Crippen molar-refractivity contribution in [2.24, 2.45) is 0 Å². The molecule has 0 bridgehead atoms. The molecule has 0 atom stereocenters. The Balaban J connectivity index is 2.81. The van der Waals surface area contributed by atoms with Crippen LogP contribution in [0.15, 0.2) is 35.4 Å². The number of pyridine rings is 1. The van der Waals surface area contributed by atoms with E-state index in [1.54, 1.807) is 18.3 Å². The Kier molecular flexibility index (Phi) is 2.58. The number of aromatic nitrogens is 1. The van der Waals surface area contributed by atoms with Gasteiger partial charge in [-0.3, -0.25) is 4.98 Å². The normalized spacial score (nSPS) is 11.9. The van der Waals surface area contributed by atoms with E-state index < -0.39 is 9.05 Å². The molecular weight excluding hydrogens is 257 g/mol. The minimum Gasteiger partial charge on any atom is -0.256 e. The molecule has 0 radical (unpaired) electrons. The van der Waals surface area contributed by atoms with E-state index in [1.807, 2.05) is 0 Å². The first-order valence-corrected chi connectivity index (χ1v) is 6.66. The molecule has 0 fully saturated rings. The molecule has 0 N–H and O–H groups in total. The lowest BCUT2D eigenvalue weighted by Gasteiger charge is -2.01. The van der Waals surface area contributed by atoms with Gasteiger partial charge < -0.3 is 0 Å². The van der Waals surface area contributed by atoms with Crippen LogP contribution < -0.4 is 0 Å². The highest BCUT2D eigenvalue weighted by Gasteiger charge is 2.11. The van der Waals surface area contributed by atoms with Crippen LogP contribution in [0, 0.1) is 0 Å². The van der Waals surface area contributed by atoms with Crippen LogP contribution in [0.25, 0.3) is 10.9 Å². The minimum atomic E-state index is -3.73. The SMILES string of the molecule is O=S(=O)(Cl)c1ccc2nccc(Cl)c2c1. The molecule has 15 heavy (non-hydrogen) atoms. The van der Waals surface area contributed by atoms with Crippen molar-refractivity contribution in [3.8, 4) is 0 Å². The largest absolute Gasteiger partial charge is 0.261 e. The molecule has 0 spiro atoms. The van der Waals surface area contributed by atoms with E-state index in [9.17, 15) is 8.42 Å². The van der Waals surface area contributed by atoms with Gasteiger partial charge in [0.05, 0.1) is 15.4 Å². The first kappa shape index (κ1) is 10.7. The second kappa shape index (κ2) is 3.63. The Hall–Kier alpha value is -0.840. The van der Waals surface area contributed by atoms with Crippen molar-refractivity contribution < 1.29 is 8.42 Å². The average molecular weight is 262 g/mol. The fraction of sp³-hybridized carbons (Fsp3) is 0. The number of halogens is 2. The van der Waals surface area contributed by atoms with Gasteiger partial charge in [-0.25, -0.2) is 8.42 Å². The van der Waals surface area contributed by atoms with E-state index in [2.05, 4.69) is 4.98 Å². The van der Waals surface area contributed by atoms with Gasteiger partial charge in [0, 0.05) is 22.3 Å². The third-order valence-electron chi connectivity index (χ3n) is 1.94. The summed E-state index contributed by atoms with van der Waals surface area (Å²) in [6.07, 6.45) is 1.56. The second-order valence-electron chi connectivity index (χ2n) is 2.91. The molecule has 1 heterocycles. The first-order chi connectivity index (χ1) is 6.98. The lowest BCUT2D eigenvalue weighted by molar-refractivity contribution is 0.609. The molecule has 1 aromatic heterocycles. The summed E-state index contributed by atoms with van der Waals surface area (Å²) in [5.74, 6) is 0. The second-order valence-corrected chi connectivity index (χ2v) is 5.88. The zero-order valence-electron chi connectivity index (χ0n) is 7.31. The number of nitrogens with zero attached hydrogens (tertiary/aromatic N) is 1. The van der Waals surface area contributed by atoms with Crippen LogP contribution in [0.5, 0.6) is 0 Å². The van der Waals surface area contributed by atoms with Crippen molar-refractivity contribution in [1.82, 2.24) is 4.98 Å². The summed E-state index contributed by atoms with van der Waals surface area (Å²) in [7, 11) is 1.49. The number of hydrogen-bond donors (Lipinski definition) is 0. The van der Waals surface area contributed by atoms with Crippen LogP contribution in [0.1, 0.15) is 0 Å². The van der Waals surface area contributed by atoms with E-state index in [0.29, 0.717) is 15.9 Å². The Labute approximate surface area is 96.1 Å². The molecule has 1 aromatic carbocycles. The molecule has 0 aliphatic heterocycles. The van der Waals surface area contributed by atoms with Gasteiger partial charge >= 0.3 is 0 Å². The fourth-order valence-electron chi connectivity index (χ4n) is 1.24. The average Bonchev–Trinajstić information content (AvgIpc) is 2.16. The molecule has 2 rings (SSSR count). The smallest absolute Gasteiger partial charge is 0.256 e. The quantitative estimate of drug-likeness (QED) is 0.742. The fourth-order valence-corrected chi connectivity index (χ4v) is 2.23. The molecule has 0 unspecified atom stereocenters. The van der Waals surface area contributed by atoms with Gasteiger partial charge in [-0.2, -0.15) is 0 Å². The van der Waals surface area contributed by atoms with Crippen molar-refractivity contribution in [3.63, 3.8) is 0 Å². The van der Waals surface area contributed by atoms with Gasteiger partial charge in [0.25, 0.3) is 9.05 Å². The van der Waals surface area contributed by atoms with Crippen molar-refractivity contribution in [3.05, 3.63) is 35.5 Å². The maximum Gasteiger partial charge on any atom is 0.261 e. The Morgan fingerprint density at radius 3 is 2.60 bits per heavy atom. The Morgan fingerprint density at radius 2 is 1.93 bits per heavy atom. The Morgan fingerprint density at radius 1 is 1.20 bits per heavy atom. The van der Waals surface area contributed by atoms with Crippen LogP contribution >= 0.6 is 22.3 Å². The summed E-state index contributed by atoms with van der Waals surface area (Å²) in [5.41, 5.74) is 0.631. The lowest BCUT2D eigenvalue weighted by Crippen LogP contribution is -1.90. The van der Waals surface area contributed by atoms with Crippen LogP contribution in [0.3, 0.4) is 0 Å². The van der Waals surface area contributed by atoms with Gasteiger partial charge in [0.15, 0.2) is 0 Å². The van der Waals surface area contributed by atoms with E-state index in [0.717, 1.165) is 0 Å². The number of hydrogen-bond acceptors (Lipinski definition) is 3. The monoisotopic (exact) mass is 261 g/mol. The summed E-state index contributed by atoms with van der Waals surface area (Å²) in [4.78, 5) is 4.06. The Bertz CT molecular complexity index is 625. The van der Waals surface area contributed by atoms with Crippen LogP contribution in [0.2, 0.25) is 5.02 Å². The maximum atomic E-state index is 11.1. The van der Waals surface area contributed by atoms with E-state index in [4.69, 9.17) is 22.3 Å². The number of rotatable bonds is 1. The molecule has 0 saturated heterocycles. The first-order valence-electron chi connectivity index (χ1n) is 3.97. The van der Waals surface area contributed by atoms with E-state index in [1.165, 1.54) is 12.1 Å². The highest BCUT2D eigenvalue weighted by atomic mass is 35.7. The summed E-state index contributed by atoms with van der Waals surface area (Å²) >= 11 is 5.90. The van der Waals surface area contributed by atoms with E-state index >= 15 is 0 Å². The van der Waals surface area contributed by atoms with Gasteiger partial charge in [-0.15, -0.1) is 0 Å². The van der Waals surface area contributed by atoms with Crippen molar-refractivity contribution in [1.29, 1.82) is 0 Å². The number of fused-ring (bicyclic) bond motifs is 1. The standard InChI is InChI=1S/C9H5Cl2NO2S/c10-8-3-4-12-9-2-1-6(5-7(8)9)15(11,13)14/h1-5H. The summed E-state index contributed by atoms with van der Waals surface area (Å²) < 4.78 is 22.2. The van der Waals surface area contributed by atoms with Gasteiger partial charge in [0.2, 0.25) is 0 Å². The van der Waals surface area contributed by atoms with Gasteiger partial charge in [-0.05, 0) is 24.3 Å².